The van der Waals surface area contributed by atoms with E-state index in [0.717, 1.165) is 42.4 Å². The van der Waals surface area contributed by atoms with Gasteiger partial charge in [0.15, 0.2) is 11.6 Å². The molecule has 2 aromatic rings. The highest BCUT2D eigenvalue weighted by Crippen LogP contribution is 2.34. The molecule has 1 fully saturated rings. The van der Waals surface area contributed by atoms with Gasteiger partial charge in [0.1, 0.15) is 0 Å². The predicted molar refractivity (Wildman–Crippen MR) is 135 cm³/mol. The molecule has 0 atom stereocenters. The fourth-order valence-electron chi connectivity index (χ4n) is 4.97. The number of rotatable bonds is 14. The van der Waals surface area contributed by atoms with Crippen LogP contribution in [0.25, 0.3) is 11.3 Å². The molecule has 1 aliphatic rings. The first-order chi connectivity index (χ1) is 16.2. The molecule has 3 nitrogen and oxygen atoms in total. The molecule has 0 bridgehead atoms. The first-order valence-corrected chi connectivity index (χ1v) is 13.4. The summed E-state index contributed by atoms with van der Waals surface area (Å²) >= 11 is 0. The smallest absolute Gasteiger partial charge is 0.165 e. The molecule has 4 heteroatoms. The van der Waals surface area contributed by atoms with Crippen molar-refractivity contribution in [1.29, 1.82) is 0 Å². The lowest BCUT2D eigenvalue weighted by Gasteiger charge is -2.28. The van der Waals surface area contributed by atoms with Crippen LogP contribution in [-0.2, 0) is 6.42 Å². The average molecular weight is 455 g/mol. The topological polar surface area (TPSA) is 35.0 Å². The molecule has 0 radical (unpaired) electrons. The Kier molecular flexibility index (Phi) is 11.1. The van der Waals surface area contributed by atoms with Crippen LogP contribution in [0, 0.1) is 17.7 Å². The van der Waals surface area contributed by atoms with E-state index in [0.29, 0.717) is 18.1 Å². The molecule has 1 saturated carbocycles. The Morgan fingerprint density at radius 3 is 2.21 bits per heavy atom. The molecule has 0 aliphatic heterocycles. The number of hydrogen-bond acceptors (Lipinski definition) is 3. The highest BCUT2D eigenvalue weighted by atomic mass is 19.1. The molecule has 0 saturated heterocycles. The van der Waals surface area contributed by atoms with E-state index in [1.165, 1.54) is 76.7 Å². The lowest BCUT2D eigenvalue weighted by Crippen LogP contribution is -2.15. The maximum atomic E-state index is 14.5. The molecule has 0 unspecified atom stereocenters. The van der Waals surface area contributed by atoms with Gasteiger partial charge in [0.05, 0.1) is 18.0 Å². The maximum Gasteiger partial charge on any atom is 0.165 e. The molecule has 1 aromatic carbocycles. The van der Waals surface area contributed by atoms with Crippen LogP contribution in [0.1, 0.15) is 103 Å². The number of aromatic nitrogens is 2. The standard InChI is InChI=1S/C29H43FN2O/c1-3-5-7-8-9-21-33-29-20-16-25(22-27(29)30)28-19-18-26(31-32-28)17-15-24-13-11-23(12-14-24)10-6-4-2/h16,18-20,22-24H,3-15,17,21H2,1-2H3. The summed E-state index contributed by atoms with van der Waals surface area (Å²) in [5, 5.41) is 8.80. The second kappa shape index (κ2) is 14.3. The van der Waals surface area contributed by atoms with Gasteiger partial charge in [-0.25, -0.2) is 4.39 Å². The molecule has 182 valence electrons. The SMILES string of the molecule is CCCCCCCOc1ccc(-c2ccc(CCC3CCC(CCCC)CC3)nn2)cc1F. The third-order valence-electron chi connectivity index (χ3n) is 7.19. The van der Waals surface area contributed by atoms with Gasteiger partial charge in [0.2, 0.25) is 0 Å². The van der Waals surface area contributed by atoms with Gasteiger partial charge < -0.3 is 4.74 Å². The molecular formula is C29H43FN2O. The molecule has 0 N–H and O–H groups in total. The summed E-state index contributed by atoms with van der Waals surface area (Å²) < 4.78 is 20.1. The van der Waals surface area contributed by atoms with Crippen LogP contribution in [0.3, 0.4) is 0 Å². The van der Waals surface area contributed by atoms with E-state index < -0.39 is 0 Å². The monoisotopic (exact) mass is 454 g/mol. The summed E-state index contributed by atoms with van der Waals surface area (Å²) in [6.07, 6.45) is 17.6. The number of hydrogen-bond donors (Lipinski definition) is 0. The number of ether oxygens (including phenoxy) is 1. The minimum Gasteiger partial charge on any atom is -0.491 e. The molecule has 0 spiro atoms. The van der Waals surface area contributed by atoms with E-state index in [1.807, 2.05) is 18.2 Å². The van der Waals surface area contributed by atoms with Crippen molar-refractivity contribution in [3.8, 4) is 17.0 Å². The van der Waals surface area contributed by atoms with E-state index in [1.54, 1.807) is 6.07 Å². The summed E-state index contributed by atoms with van der Waals surface area (Å²) in [5.74, 6) is 1.78. The van der Waals surface area contributed by atoms with E-state index in [-0.39, 0.29) is 5.82 Å². The highest BCUT2D eigenvalue weighted by molar-refractivity contribution is 5.59. The van der Waals surface area contributed by atoms with Crippen molar-refractivity contribution in [3.05, 3.63) is 41.8 Å². The Morgan fingerprint density at radius 2 is 1.55 bits per heavy atom. The van der Waals surface area contributed by atoms with E-state index in [4.69, 9.17) is 4.74 Å². The van der Waals surface area contributed by atoms with E-state index in [9.17, 15) is 4.39 Å². The Labute approximate surface area is 200 Å². The Morgan fingerprint density at radius 1 is 0.818 bits per heavy atom. The normalized spacial score (nSPS) is 18.4. The van der Waals surface area contributed by atoms with Crippen LogP contribution in [0.5, 0.6) is 5.75 Å². The zero-order valence-electron chi connectivity index (χ0n) is 20.8. The summed E-state index contributed by atoms with van der Waals surface area (Å²) in [5.41, 5.74) is 2.49. The van der Waals surface area contributed by atoms with Crippen molar-refractivity contribution < 1.29 is 9.13 Å². The summed E-state index contributed by atoms with van der Waals surface area (Å²) in [6.45, 7) is 5.05. The van der Waals surface area contributed by atoms with Crippen molar-refractivity contribution in [2.45, 2.75) is 104 Å². The summed E-state index contributed by atoms with van der Waals surface area (Å²) in [7, 11) is 0. The van der Waals surface area contributed by atoms with E-state index >= 15 is 0 Å². The molecule has 1 aliphatic carbocycles. The van der Waals surface area contributed by atoms with Crippen molar-refractivity contribution in [1.82, 2.24) is 10.2 Å². The quantitative estimate of drug-likeness (QED) is 0.268. The van der Waals surface area contributed by atoms with Crippen molar-refractivity contribution in [2.24, 2.45) is 11.8 Å². The number of aryl methyl sites for hydroxylation is 1. The van der Waals surface area contributed by atoms with Gasteiger partial charge in [-0.2, -0.15) is 10.2 Å². The predicted octanol–water partition coefficient (Wildman–Crippen LogP) is 8.56. The second-order valence-electron chi connectivity index (χ2n) is 9.89. The number of benzene rings is 1. The number of halogens is 1. The van der Waals surface area contributed by atoms with Crippen molar-refractivity contribution in [3.63, 3.8) is 0 Å². The summed E-state index contributed by atoms with van der Waals surface area (Å²) in [4.78, 5) is 0. The van der Waals surface area contributed by atoms with Crippen LogP contribution in [0.2, 0.25) is 0 Å². The van der Waals surface area contributed by atoms with Gasteiger partial charge >= 0.3 is 0 Å². The van der Waals surface area contributed by atoms with Crippen molar-refractivity contribution >= 4 is 0 Å². The first kappa shape index (κ1) is 25.6. The highest BCUT2D eigenvalue weighted by Gasteiger charge is 2.20. The zero-order chi connectivity index (χ0) is 23.3. The molecule has 3 rings (SSSR count). The van der Waals surface area contributed by atoms with Crippen LogP contribution in [-0.4, -0.2) is 16.8 Å². The molecular weight excluding hydrogens is 411 g/mol. The zero-order valence-corrected chi connectivity index (χ0v) is 20.8. The van der Waals surface area contributed by atoms with E-state index in [2.05, 4.69) is 24.0 Å². The number of unbranched alkanes of at least 4 members (excludes halogenated alkanes) is 5. The second-order valence-corrected chi connectivity index (χ2v) is 9.89. The lowest BCUT2D eigenvalue weighted by atomic mass is 9.78. The van der Waals surface area contributed by atoms with Crippen LogP contribution >= 0.6 is 0 Å². The first-order valence-electron chi connectivity index (χ1n) is 13.4. The Hall–Kier alpha value is -1.97. The van der Waals surface area contributed by atoms with Crippen LogP contribution < -0.4 is 4.74 Å². The lowest BCUT2D eigenvalue weighted by molar-refractivity contribution is 0.249. The summed E-state index contributed by atoms with van der Waals surface area (Å²) in [6, 6.07) is 9.10. The third kappa shape index (κ3) is 8.72. The van der Waals surface area contributed by atoms with Crippen LogP contribution in [0.4, 0.5) is 4.39 Å². The molecule has 0 amide bonds. The van der Waals surface area contributed by atoms with Gasteiger partial charge in [-0.3, -0.25) is 0 Å². The van der Waals surface area contributed by atoms with Crippen LogP contribution in [0.15, 0.2) is 30.3 Å². The third-order valence-corrected chi connectivity index (χ3v) is 7.19. The minimum atomic E-state index is -0.332. The largest absolute Gasteiger partial charge is 0.491 e. The molecule has 1 heterocycles. The molecule has 33 heavy (non-hydrogen) atoms. The fourth-order valence-corrected chi connectivity index (χ4v) is 4.97. The average Bonchev–Trinajstić information content (AvgIpc) is 2.85. The van der Waals surface area contributed by atoms with Gasteiger partial charge in [0.25, 0.3) is 0 Å². The van der Waals surface area contributed by atoms with Gasteiger partial charge in [-0.05, 0) is 61.4 Å². The van der Waals surface area contributed by atoms with Gasteiger partial charge in [-0.15, -0.1) is 0 Å². The molecule has 1 aromatic heterocycles. The fraction of sp³-hybridized carbons (Fsp3) is 0.655. The minimum absolute atomic E-state index is 0.322. The van der Waals surface area contributed by atoms with Gasteiger partial charge in [-0.1, -0.05) is 84.5 Å². The Balaban J connectivity index is 1.42. The Bertz CT molecular complexity index is 800. The maximum absolute atomic E-state index is 14.5. The number of nitrogens with zero attached hydrogens (tertiary/aromatic N) is 2. The van der Waals surface area contributed by atoms with Crippen molar-refractivity contribution in [2.75, 3.05) is 6.61 Å². The van der Waals surface area contributed by atoms with Gasteiger partial charge in [0, 0.05) is 5.56 Å².